The first-order valence-electron chi connectivity index (χ1n) is 6.96. The number of aromatic nitrogens is 1. The summed E-state index contributed by atoms with van der Waals surface area (Å²) in [5.74, 6) is -0.325. The third-order valence-electron chi connectivity index (χ3n) is 3.56. The number of rotatable bonds is 3. The van der Waals surface area contributed by atoms with Crippen molar-refractivity contribution in [2.24, 2.45) is 0 Å². The summed E-state index contributed by atoms with van der Waals surface area (Å²) in [7, 11) is 0. The van der Waals surface area contributed by atoms with Gasteiger partial charge in [0, 0.05) is 29.3 Å². The van der Waals surface area contributed by atoms with Crippen LogP contribution in [0.2, 0.25) is 0 Å². The molecule has 3 rings (SSSR count). The molecule has 0 aliphatic carbocycles. The van der Waals surface area contributed by atoms with Crippen LogP contribution in [0.3, 0.4) is 0 Å². The quantitative estimate of drug-likeness (QED) is 0.590. The molecule has 1 heterocycles. The minimum Gasteiger partial charge on any atom is -0.321 e. The molecule has 1 aromatic heterocycles. The fourth-order valence-electron chi connectivity index (χ4n) is 2.36. The van der Waals surface area contributed by atoms with Crippen molar-refractivity contribution < 1.29 is 9.72 Å². The molecule has 0 fully saturated rings. The number of fused-ring (bicyclic) bond motifs is 1. The Kier molecular flexibility index (Phi) is 3.72. The summed E-state index contributed by atoms with van der Waals surface area (Å²) in [6, 6.07) is 13.0. The molecular formula is C17H13N3O3. The van der Waals surface area contributed by atoms with E-state index >= 15 is 0 Å². The maximum atomic E-state index is 12.3. The Hall–Kier alpha value is -3.28. The van der Waals surface area contributed by atoms with E-state index in [2.05, 4.69) is 10.3 Å². The standard InChI is InChI=1S/C17H13N3O3/c1-11-3-2-4-14-15(9-10-18-16(11)14)19-17(21)12-5-7-13(8-6-12)20(22)23/h2-10H,1H3,(H,18,19,21). The Morgan fingerprint density at radius 2 is 1.87 bits per heavy atom. The minimum atomic E-state index is -0.499. The number of nitrogens with zero attached hydrogens (tertiary/aromatic N) is 2. The Balaban J connectivity index is 1.91. The van der Waals surface area contributed by atoms with Crippen molar-refractivity contribution in [3.8, 4) is 0 Å². The largest absolute Gasteiger partial charge is 0.321 e. The van der Waals surface area contributed by atoms with Crippen molar-refractivity contribution in [1.82, 2.24) is 4.98 Å². The van der Waals surface area contributed by atoms with Crippen LogP contribution in [0.1, 0.15) is 15.9 Å². The zero-order valence-electron chi connectivity index (χ0n) is 12.3. The predicted molar refractivity (Wildman–Crippen MR) is 87.5 cm³/mol. The predicted octanol–water partition coefficient (Wildman–Crippen LogP) is 3.70. The number of carbonyl (C=O) groups is 1. The van der Waals surface area contributed by atoms with Gasteiger partial charge >= 0.3 is 0 Å². The van der Waals surface area contributed by atoms with Crippen molar-refractivity contribution in [2.45, 2.75) is 6.92 Å². The SMILES string of the molecule is Cc1cccc2c(NC(=O)c3ccc([N+](=O)[O-])cc3)ccnc12. The van der Waals surface area contributed by atoms with Crippen LogP contribution >= 0.6 is 0 Å². The van der Waals surface area contributed by atoms with E-state index in [1.807, 2.05) is 25.1 Å². The Labute approximate surface area is 131 Å². The number of benzene rings is 2. The van der Waals surface area contributed by atoms with Gasteiger partial charge in [0.15, 0.2) is 0 Å². The molecule has 0 aliphatic heterocycles. The van der Waals surface area contributed by atoms with E-state index < -0.39 is 4.92 Å². The van der Waals surface area contributed by atoms with Crippen molar-refractivity contribution >= 4 is 28.2 Å². The van der Waals surface area contributed by atoms with Gasteiger partial charge in [-0.3, -0.25) is 19.9 Å². The Morgan fingerprint density at radius 3 is 2.57 bits per heavy atom. The molecule has 1 N–H and O–H groups in total. The number of aryl methyl sites for hydroxylation is 1. The summed E-state index contributed by atoms with van der Waals surface area (Å²) in [4.78, 5) is 26.8. The number of nitrogens with one attached hydrogen (secondary N) is 1. The second kappa shape index (κ2) is 5.84. The molecule has 23 heavy (non-hydrogen) atoms. The first kappa shape index (κ1) is 14.6. The summed E-state index contributed by atoms with van der Waals surface area (Å²) in [5, 5.41) is 14.3. The van der Waals surface area contributed by atoms with Gasteiger partial charge in [0.1, 0.15) is 0 Å². The molecule has 3 aromatic rings. The summed E-state index contributed by atoms with van der Waals surface area (Å²) >= 11 is 0. The molecule has 0 saturated heterocycles. The first-order valence-corrected chi connectivity index (χ1v) is 6.96. The van der Waals surface area contributed by atoms with Gasteiger partial charge in [-0.25, -0.2) is 0 Å². The molecule has 0 aliphatic rings. The number of nitro groups is 1. The van der Waals surface area contributed by atoms with Gasteiger partial charge in [-0.05, 0) is 30.7 Å². The van der Waals surface area contributed by atoms with E-state index in [9.17, 15) is 14.9 Å². The first-order chi connectivity index (χ1) is 11.1. The van der Waals surface area contributed by atoms with Crippen LogP contribution in [-0.4, -0.2) is 15.8 Å². The maximum absolute atomic E-state index is 12.3. The molecule has 0 unspecified atom stereocenters. The molecule has 0 saturated carbocycles. The van der Waals surface area contributed by atoms with E-state index in [4.69, 9.17) is 0 Å². The number of non-ortho nitro benzene ring substituents is 1. The third kappa shape index (κ3) is 2.87. The smallest absolute Gasteiger partial charge is 0.269 e. The zero-order valence-corrected chi connectivity index (χ0v) is 12.3. The highest BCUT2D eigenvalue weighted by Gasteiger charge is 2.11. The van der Waals surface area contributed by atoms with Gasteiger partial charge in [0.05, 0.1) is 16.1 Å². The van der Waals surface area contributed by atoms with E-state index in [0.717, 1.165) is 16.5 Å². The average molecular weight is 307 g/mol. The number of hydrogen-bond acceptors (Lipinski definition) is 4. The number of anilines is 1. The van der Waals surface area contributed by atoms with Crippen LogP contribution in [0.5, 0.6) is 0 Å². The van der Waals surface area contributed by atoms with Gasteiger partial charge in [-0.1, -0.05) is 18.2 Å². The van der Waals surface area contributed by atoms with Gasteiger partial charge in [0.2, 0.25) is 0 Å². The molecule has 6 heteroatoms. The highest BCUT2D eigenvalue weighted by molar-refractivity contribution is 6.08. The van der Waals surface area contributed by atoms with E-state index in [0.29, 0.717) is 11.3 Å². The number of hydrogen-bond donors (Lipinski definition) is 1. The van der Waals surface area contributed by atoms with E-state index in [-0.39, 0.29) is 11.6 Å². The third-order valence-corrected chi connectivity index (χ3v) is 3.56. The lowest BCUT2D eigenvalue weighted by Crippen LogP contribution is -2.12. The average Bonchev–Trinajstić information content (AvgIpc) is 2.56. The fraction of sp³-hybridized carbons (Fsp3) is 0.0588. The molecule has 114 valence electrons. The summed E-state index contributed by atoms with van der Waals surface area (Å²) in [5.41, 5.74) is 2.81. The molecule has 2 aromatic carbocycles. The van der Waals surface area contributed by atoms with Crippen molar-refractivity contribution in [3.63, 3.8) is 0 Å². The molecule has 1 amide bonds. The number of carbonyl (C=O) groups excluding carboxylic acids is 1. The normalized spacial score (nSPS) is 10.5. The topological polar surface area (TPSA) is 85.1 Å². The second-order valence-electron chi connectivity index (χ2n) is 5.09. The Bertz CT molecular complexity index is 905. The highest BCUT2D eigenvalue weighted by Crippen LogP contribution is 2.24. The van der Waals surface area contributed by atoms with Crippen LogP contribution in [0.25, 0.3) is 10.9 Å². The van der Waals surface area contributed by atoms with Gasteiger partial charge in [-0.2, -0.15) is 0 Å². The van der Waals surface area contributed by atoms with E-state index in [1.54, 1.807) is 12.3 Å². The number of para-hydroxylation sites is 1. The zero-order chi connectivity index (χ0) is 16.4. The summed E-state index contributed by atoms with van der Waals surface area (Å²) in [6.07, 6.45) is 1.64. The lowest BCUT2D eigenvalue weighted by atomic mass is 10.1. The van der Waals surface area contributed by atoms with Gasteiger partial charge in [0.25, 0.3) is 11.6 Å². The molecule has 6 nitrogen and oxygen atoms in total. The fourth-order valence-corrected chi connectivity index (χ4v) is 2.36. The summed E-state index contributed by atoms with van der Waals surface area (Å²) in [6.45, 7) is 1.96. The van der Waals surface area contributed by atoms with Crippen LogP contribution in [0.4, 0.5) is 11.4 Å². The van der Waals surface area contributed by atoms with Crippen LogP contribution in [-0.2, 0) is 0 Å². The molecule has 0 radical (unpaired) electrons. The van der Waals surface area contributed by atoms with Gasteiger partial charge in [-0.15, -0.1) is 0 Å². The monoisotopic (exact) mass is 307 g/mol. The van der Waals surface area contributed by atoms with E-state index in [1.165, 1.54) is 24.3 Å². The van der Waals surface area contributed by atoms with Crippen LogP contribution in [0.15, 0.2) is 54.7 Å². The molecule has 0 atom stereocenters. The van der Waals surface area contributed by atoms with Crippen molar-refractivity contribution in [3.05, 3.63) is 76.0 Å². The number of nitro benzene ring substituents is 1. The number of pyridine rings is 1. The molecular weight excluding hydrogens is 294 g/mol. The minimum absolute atomic E-state index is 0.0495. The lowest BCUT2D eigenvalue weighted by Gasteiger charge is -2.09. The summed E-state index contributed by atoms with van der Waals surface area (Å²) < 4.78 is 0. The lowest BCUT2D eigenvalue weighted by molar-refractivity contribution is -0.384. The molecule has 0 bridgehead atoms. The second-order valence-corrected chi connectivity index (χ2v) is 5.09. The van der Waals surface area contributed by atoms with Crippen molar-refractivity contribution in [1.29, 1.82) is 0 Å². The maximum Gasteiger partial charge on any atom is 0.269 e. The van der Waals surface area contributed by atoms with Crippen LogP contribution in [0, 0.1) is 17.0 Å². The van der Waals surface area contributed by atoms with Gasteiger partial charge < -0.3 is 5.32 Å². The Morgan fingerprint density at radius 1 is 1.13 bits per heavy atom. The highest BCUT2D eigenvalue weighted by atomic mass is 16.6. The van der Waals surface area contributed by atoms with Crippen molar-refractivity contribution in [2.75, 3.05) is 5.32 Å². The van der Waals surface area contributed by atoms with Crippen LogP contribution < -0.4 is 5.32 Å². The number of amides is 1. The molecule has 0 spiro atoms.